The molecular formula is C10H4N4O2. The highest BCUT2D eigenvalue weighted by molar-refractivity contribution is 5.76. The number of benzene rings is 1. The molecule has 1 aromatic carbocycles. The summed E-state index contributed by atoms with van der Waals surface area (Å²) >= 11 is 0. The number of hydrogen-bond acceptors (Lipinski definition) is 4. The van der Waals surface area contributed by atoms with Crippen LogP contribution in [-0.2, 0) is 0 Å². The maximum absolute atomic E-state index is 11.4. The molecule has 0 aliphatic heterocycles. The molecule has 6 heteroatoms. The average Bonchev–Trinajstić information content (AvgIpc) is 2.31. The molecule has 0 N–H and O–H groups in total. The fourth-order valence-electron chi connectivity index (χ4n) is 1.45. The number of nitrogens with zero attached hydrogens (tertiary/aromatic N) is 4. The Morgan fingerprint density at radius 2 is 1.25 bits per heavy atom. The van der Waals surface area contributed by atoms with Crippen molar-refractivity contribution in [2.75, 3.05) is 0 Å². The van der Waals surface area contributed by atoms with Crippen molar-refractivity contribution in [3.8, 4) is 12.4 Å². The van der Waals surface area contributed by atoms with Crippen LogP contribution in [0.2, 0.25) is 0 Å². The van der Waals surface area contributed by atoms with E-state index < -0.39 is 11.1 Å². The van der Waals surface area contributed by atoms with Crippen LogP contribution in [0.5, 0.6) is 0 Å². The SMILES string of the molecule is N#Cn1c(=O)c(=O)n(C#N)c2ccccc21. The van der Waals surface area contributed by atoms with Gasteiger partial charge in [0.1, 0.15) is 0 Å². The van der Waals surface area contributed by atoms with Crippen LogP contribution in [-0.4, -0.2) is 9.13 Å². The summed E-state index contributed by atoms with van der Waals surface area (Å²) in [4.78, 5) is 22.9. The van der Waals surface area contributed by atoms with E-state index in [4.69, 9.17) is 10.5 Å². The van der Waals surface area contributed by atoms with E-state index in [1.807, 2.05) is 0 Å². The maximum Gasteiger partial charge on any atom is 0.331 e. The Hall–Kier alpha value is -2.86. The third kappa shape index (κ3) is 1.11. The fourth-order valence-corrected chi connectivity index (χ4v) is 1.45. The molecule has 1 aromatic heterocycles. The van der Waals surface area contributed by atoms with Gasteiger partial charge in [-0.2, -0.15) is 10.5 Å². The summed E-state index contributed by atoms with van der Waals surface area (Å²) in [7, 11) is 0. The molecule has 0 fully saturated rings. The molecule has 0 saturated heterocycles. The predicted octanol–water partition coefficient (Wildman–Crippen LogP) is -0.178. The number of hydrogen-bond donors (Lipinski definition) is 0. The minimum Gasteiger partial charge on any atom is -0.262 e. The van der Waals surface area contributed by atoms with Gasteiger partial charge < -0.3 is 0 Å². The minimum atomic E-state index is -1.03. The normalized spacial score (nSPS) is 9.62. The molecule has 1 heterocycles. The maximum atomic E-state index is 11.4. The first-order valence-electron chi connectivity index (χ1n) is 4.27. The molecule has 0 saturated carbocycles. The number of fused-ring (bicyclic) bond motifs is 1. The second kappa shape index (κ2) is 3.37. The Balaban J connectivity index is 3.24. The van der Waals surface area contributed by atoms with Gasteiger partial charge in [-0.05, 0) is 12.1 Å². The summed E-state index contributed by atoms with van der Waals surface area (Å²) in [6, 6.07) is 6.21. The van der Waals surface area contributed by atoms with Crippen LogP contribution in [0.3, 0.4) is 0 Å². The van der Waals surface area contributed by atoms with E-state index in [9.17, 15) is 9.59 Å². The molecule has 0 radical (unpaired) electrons. The Bertz CT molecular complexity index is 704. The zero-order valence-corrected chi connectivity index (χ0v) is 7.91. The third-order valence-electron chi connectivity index (χ3n) is 2.15. The van der Waals surface area contributed by atoms with Gasteiger partial charge in [-0.15, -0.1) is 0 Å². The first-order chi connectivity index (χ1) is 7.70. The van der Waals surface area contributed by atoms with Crippen molar-refractivity contribution in [1.29, 1.82) is 10.5 Å². The second-order valence-corrected chi connectivity index (χ2v) is 2.97. The lowest BCUT2D eigenvalue weighted by molar-refractivity contribution is 0.936. The highest BCUT2D eigenvalue weighted by atomic mass is 16.2. The second-order valence-electron chi connectivity index (χ2n) is 2.97. The largest absolute Gasteiger partial charge is 0.331 e. The van der Waals surface area contributed by atoms with Crippen LogP contribution in [0, 0.1) is 22.9 Å². The van der Waals surface area contributed by atoms with E-state index in [1.165, 1.54) is 12.1 Å². The van der Waals surface area contributed by atoms with E-state index in [2.05, 4.69) is 0 Å². The summed E-state index contributed by atoms with van der Waals surface area (Å²) in [5, 5.41) is 17.6. The van der Waals surface area contributed by atoms with Crippen molar-refractivity contribution in [2.24, 2.45) is 0 Å². The van der Waals surface area contributed by atoms with Crippen LogP contribution in [0.1, 0.15) is 0 Å². The molecule has 0 aliphatic rings. The molecule has 0 atom stereocenters. The summed E-state index contributed by atoms with van der Waals surface area (Å²) in [6.07, 6.45) is 3.22. The first kappa shape index (κ1) is 9.69. The van der Waals surface area contributed by atoms with Crippen LogP contribution in [0.25, 0.3) is 11.0 Å². The van der Waals surface area contributed by atoms with Crippen molar-refractivity contribution in [3.05, 3.63) is 45.0 Å². The van der Waals surface area contributed by atoms with Gasteiger partial charge in [0.25, 0.3) is 0 Å². The Morgan fingerprint density at radius 1 is 0.875 bits per heavy atom. The Kier molecular flexibility index (Phi) is 2.04. The quantitative estimate of drug-likeness (QED) is 0.566. The van der Waals surface area contributed by atoms with E-state index in [1.54, 1.807) is 24.5 Å². The Morgan fingerprint density at radius 3 is 1.56 bits per heavy atom. The van der Waals surface area contributed by atoms with Gasteiger partial charge in [0.15, 0.2) is 12.4 Å². The van der Waals surface area contributed by atoms with Gasteiger partial charge in [0.05, 0.1) is 11.0 Å². The van der Waals surface area contributed by atoms with Crippen molar-refractivity contribution in [3.63, 3.8) is 0 Å². The molecule has 76 valence electrons. The van der Waals surface area contributed by atoms with Gasteiger partial charge in [0.2, 0.25) is 0 Å². The molecule has 0 amide bonds. The topological polar surface area (TPSA) is 91.6 Å². The molecule has 0 bridgehead atoms. The smallest absolute Gasteiger partial charge is 0.262 e. The monoisotopic (exact) mass is 212 g/mol. The fraction of sp³-hybridized carbons (Fsp3) is 0. The first-order valence-corrected chi connectivity index (χ1v) is 4.27. The highest BCUT2D eigenvalue weighted by Gasteiger charge is 2.11. The van der Waals surface area contributed by atoms with Crippen LogP contribution in [0.4, 0.5) is 0 Å². The third-order valence-corrected chi connectivity index (χ3v) is 2.15. The average molecular weight is 212 g/mol. The number of aromatic nitrogens is 2. The molecule has 2 aromatic rings. The molecular weight excluding hydrogens is 208 g/mol. The molecule has 0 aliphatic carbocycles. The summed E-state index contributed by atoms with van der Waals surface area (Å²) in [5.41, 5.74) is -1.59. The Labute approximate surface area is 88.8 Å². The lowest BCUT2D eigenvalue weighted by Crippen LogP contribution is -2.39. The van der Waals surface area contributed by atoms with Crippen molar-refractivity contribution < 1.29 is 0 Å². The van der Waals surface area contributed by atoms with Crippen molar-refractivity contribution in [1.82, 2.24) is 9.13 Å². The van der Waals surface area contributed by atoms with E-state index in [-0.39, 0.29) is 11.0 Å². The van der Waals surface area contributed by atoms with Gasteiger partial charge in [-0.25, -0.2) is 9.13 Å². The van der Waals surface area contributed by atoms with Crippen LogP contribution < -0.4 is 11.1 Å². The lowest BCUT2D eigenvalue weighted by Gasteiger charge is -2.03. The zero-order valence-electron chi connectivity index (χ0n) is 7.91. The van der Waals surface area contributed by atoms with Gasteiger partial charge in [0, 0.05) is 0 Å². The van der Waals surface area contributed by atoms with E-state index >= 15 is 0 Å². The molecule has 0 spiro atoms. The van der Waals surface area contributed by atoms with Gasteiger partial charge >= 0.3 is 11.1 Å². The highest BCUT2D eigenvalue weighted by Crippen LogP contribution is 2.08. The van der Waals surface area contributed by atoms with Crippen LogP contribution in [0.15, 0.2) is 33.9 Å². The van der Waals surface area contributed by atoms with Gasteiger partial charge in [-0.3, -0.25) is 9.59 Å². The number of rotatable bonds is 0. The molecule has 6 nitrogen and oxygen atoms in total. The van der Waals surface area contributed by atoms with Crippen molar-refractivity contribution >= 4 is 11.0 Å². The van der Waals surface area contributed by atoms with Crippen molar-refractivity contribution in [2.45, 2.75) is 0 Å². The summed E-state index contributed by atoms with van der Waals surface area (Å²) in [5.74, 6) is 0. The zero-order chi connectivity index (χ0) is 11.7. The molecule has 16 heavy (non-hydrogen) atoms. The standard InChI is InChI=1S/C10H4N4O2/c11-5-13-7-3-1-2-4-8(7)14(6-12)10(16)9(13)15/h1-4H. The summed E-state index contributed by atoms with van der Waals surface area (Å²) < 4.78 is 1.34. The van der Waals surface area contributed by atoms with E-state index in [0.29, 0.717) is 9.13 Å². The number of para-hydroxylation sites is 2. The van der Waals surface area contributed by atoms with Gasteiger partial charge in [-0.1, -0.05) is 12.1 Å². The summed E-state index contributed by atoms with van der Waals surface area (Å²) in [6.45, 7) is 0. The molecule has 2 rings (SSSR count). The predicted molar refractivity (Wildman–Crippen MR) is 54.5 cm³/mol. The lowest BCUT2D eigenvalue weighted by atomic mass is 10.3. The van der Waals surface area contributed by atoms with E-state index in [0.717, 1.165) is 0 Å². The molecule has 0 unspecified atom stereocenters. The number of nitriles is 2. The minimum absolute atomic E-state index is 0.233. The van der Waals surface area contributed by atoms with Crippen LogP contribution >= 0.6 is 0 Å².